The molecule has 5 aromatic rings. The molecule has 5 rings (SSSR count). The Labute approximate surface area is 325 Å². The fourth-order valence-electron chi connectivity index (χ4n) is 4.89. The molecule has 0 aliphatic heterocycles. The number of hydrogen-bond acceptors (Lipinski definition) is 9. The van der Waals surface area contributed by atoms with Crippen LogP contribution in [0.2, 0.25) is 0 Å². The van der Waals surface area contributed by atoms with Crippen LogP contribution in [0, 0.1) is 20.8 Å². The maximum atomic E-state index is 12.9. The molecule has 8 nitrogen and oxygen atoms in total. The molecule has 0 spiro atoms. The Morgan fingerprint density at radius 1 is 0.774 bits per heavy atom. The van der Waals surface area contributed by atoms with Crippen LogP contribution in [0.1, 0.15) is 61.9 Å². The highest BCUT2D eigenvalue weighted by Gasteiger charge is 2.32. The molecule has 2 heterocycles. The number of oxazole rings is 2. The summed E-state index contributed by atoms with van der Waals surface area (Å²) in [6.45, 7) is 6.32. The van der Waals surface area contributed by atoms with Gasteiger partial charge in [-0.3, -0.25) is 0 Å². The summed E-state index contributed by atoms with van der Waals surface area (Å²) >= 11 is 10.4. The summed E-state index contributed by atoms with van der Waals surface area (Å²) in [5.41, 5.74) is 2.15. The second-order valence-electron chi connectivity index (χ2n) is 11.5. The van der Waals surface area contributed by atoms with Gasteiger partial charge in [0.05, 0.1) is 46.7 Å². The molecule has 0 bridgehead atoms. The van der Waals surface area contributed by atoms with Crippen molar-refractivity contribution >= 4 is 53.8 Å². The normalized spacial score (nSPS) is 11.8. The number of benzene rings is 3. The van der Waals surface area contributed by atoms with Crippen LogP contribution < -0.4 is 0 Å². The molecule has 0 fully saturated rings. The number of thiol groups is 2. The Hall–Kier alpha value is -3.52. The van der Waals surface area contributed by atoms with E-state index in [4.69, 9.17) is 18.3 Å². The first-order valence-corrected chi connectivity index (χ1v) is 18.1. The molecule has 0 amide bonds. The largest absolute Gasteiger partial charge is 0.478 e. The van der Waals surface area contributed by atoms with Gasteiger partial charge in [0.25, 0.3) is 0 Å². The molecule has 0 saturated carbocycles. The Morgan fingerprint density at radius 3 is 1.72 bits per heavy atom. The topological polar surface area (TPSA) is 108 Å². The predicted molar refractivity (Wildman–Crippen MR) is 198 cm³/mol. The lowest BCUT2D eigenvalue weighted by molar-refractivity contribution is -0.138. The summed E-state index contributed by atoms with van der Waals surface area (Å²) in [4.78, 5) is 20.3. The number of nitrogens with zero attached hydrogens (tertiary/aromatic N) is 2. The molecule has 0 aliphatic rings. The number of ether oxygens (including phenoxy) is 2. The van der Waals surface area contributed by atoms with Gasteiger partial charge in [-0.2, -0.15) is 26.3 Å². The summed E-state index contributed by atoms with van der Waals surface area (Å²) in [7, 11) is 0. The third-order valence-electron chi connectivity index (χ3n) is 7.67. The fraction of sp³-hybridized carbons (Fsp3) is 0.306. The molecule has 2 aromatic heterocycles. The molecular formula is C36H33F6IN2O6S2. The van der Waals surface area contributed by atoms with E-state index in [9.17, 15) is 36.2 Å². The van der Waals surface area contributed by atoms with Crippen LogP contribution in [-0.4, -0.2) is 34.3 Å². The highest BCUT2D eigenvalue weighted by Crippen LogP contribution is 2.36. The fourth-order valence-corrected chi connectivity index (χ4v) is 6.22. The molecule has 284 valence electrons. The van der Waals surface area contributed by atoms with Crippen LogP contribution in [0.5, 0.6) is 0 Å². The van der Waals surface area contributed by atoms with Gasteiger partial charge >= 0.3 is 18.3 Å². The summed E-state index contributed by atoms with van der Waals surface area (Å²) in [5, 5.41) is 9.35. The minimum atomic E-state index is -4.45. The van der Waals surface area contributed by atoms with Gasteiger partial charge in [0.1, 0.15) is 17.2 Å². The van der Waals surface area contributed by atoms with Crippen LogP contribution >= 0.6 is 47.8 Å². The summed E-state index contributed by atoms with van der Waals surface area (Å²) in [5.74, 6) is 0.647. The molecule has 0 atom stereocenters. The Balaban J connectivity index is 0.000000278. The van der Waals surface area contributed by atoms with Gasteiger partial charge in [0.2, 0.25) is 11.8 Å². The van der Waals surface area contributed by atoms with E-state index in [0.717, 1.165) is 30.0 Å². The standard InChI is InChI=1S/C24H24F3NO5S.C12H9F3INOS/c1-14-5-3-6-16(21(14)23(29)30)12-31-9-4-10-32-13-19-15(2)33-22(28-19)18-8-7-17(11-20(18)34)24(25,26)27;1-6-9(5-16)17-11(18-6)8-3-2-7(4-10(8)19)12(13,14)15/h3,5-8,11,34H,4,9-10,12-13H2,1-2H3,(H,29,30);2-4,19H,5H2,1H3. The number of aromatic carboxylic acids is 1. The maximum Gasteiger partial charge on any atom is 0.416 e. The van der Waals surface area contributed by atoms with Crippen LogP contribution in [0.15, 0.2) is 73.2 Å². The van der Waals surface area contributed by atoms with Gasteiger partial charge in [-0.1, -0.05) is 40.8 Å². The number of aromatic nitrogens is 2. The molecule has 53 heavy (non-hydrogen) atoms. The monoisotopic (exact) mass is 894 g/mol. The zero-order valence-electron chi connectivity index (χ0n) is 28.4. The van der Waals surface area contributed by atoms with Crippen molar-refractivity contribution in [1.29, 1.82) is 0 Å². The SMILES string of the molecule is Cc1cccc(COCCCOCc2nc(-c3ccc(C(F)(F)F)cc3S)oc2C)c1C(=O)O.Cc1oc(-c2ccc(C(F)(F)F)cc2S)nc1CI. The first-order chi connectivity index (χ1) is 24.9. The quantitative estimate of drug-likeness (QED) is 0.0374. The molecule has 1 N–H and O–H groups in total. The van der Waals surface area contributed by atoms with Crippen molar-refractivity contribution in [3.05, 3.63) is 105 Å². The minimum absolute atomic E-state index is 0.111. The van der Waals surface area contributed by atoms with Crippen molar-refractivity contribution in [2.75, 3.05) is 13.2 Å². The lowest BCUT2D eigenvalue weighted by atomic mass is 10.0. The highest BCUT2D eigenvalue weighted by atomic mass is 127. The van der Waals surface area contributed by atoms with Gasteiger partial charge in [0, 0.05) is 27.4 Å². The van der Waals surface area contributed by atoms with Crippen molar-refractivity contribution < 1.29 is 54.6 Å². The van der Waals surface area contributed by atoms with Gasteiger partial charge in [0.15, 0.2) is 0 Å². The lowest BCUT2D eigenvalue weighted by Gasteiger charge is -2.10. The van der Waals surface area contributed by atoms with Gasteiger partial charge in [-0.05, 0) is 74.7 Å². The van der Waals surface area contributed by atoms with Crippen LogP contribution in [0.4, 0.5) is 26.3 Å². The predicted octanol–water partition coefficient (Wildman–Crippen LogP) is 11.0. The molecule has 0 unspecified atom stereocenters. The number of alkyl halides is 7. The van der Waals surface area contributed by atoms with Gasteiger partial charge in [-0.15, -0.1) is 25.3 Å². The van der Waals surface area contributed by atoms with Crippen molar-refractivity contribution in [3.63, 3.8) is 0 Å². The third kappa shape index (κ3) is 11.3. The molecule has 0 radical (unpaired) electrons. The molecule has 0 saturated heterocycles. The van der Waals surface area contributed by atoms with Crippen molar-refractivity contribution in [3.8, 4) is 22.9 Å². The van der Waals surface area contributed by atoms with E-state index >= 15 is 0 Å². The number of halogens is 7. The Morgan fingerprint density at radius 2 is 1.26 bits per heavy atom. The Bertz CT molecular complexity index is 2050. The van der Waals surface area contributed by atoms with E-state index in [1.807, 2.05) is 0 Å². The van der Waals surface area contributed by atoms with Crippen LogP contribution in [0.3, 0.4) is 0 Å². The number of carbonyl (C=O) groups is 1. The third-order valence-corrected chi connectivity index (χ3v) is 9.13. The number of carboxylic acids is 1. The smallest absolute Gasteiger partial charge is 0.416 e. The lowest BCUT2D eigenvalue weighted by Crippen LogP contribution is -2.08. The first kappa shape index (κ1) is 42.2. The molecule has 0 aliphatic carbocycles. The van der Waals surface area contributed by atoms with Gasteiger partial charge < -0.3 is 23.4 Å². The molecular weight excluding hydrogens is 861 g/mol. The van der Waals surface area contributed by atoms with E-state index in [2.05, 4.69) is 57.8 Å². The van der Waals surface area contributed by atoms with Crippen LogP contribution in [-0.2, 0) is 39.5 Å². The average molecular weight is 895 g/mol. The van der Waals surface area contributed by atoms with E-state index in [1.165, 1.54) is 12.1 Å². The summed E-state index contributed by atoms with van der Waals surface area (Å²) in [6, 6.07) is 11.7. The highest BCUT2D eigenvalue weighted by molar-refractivity contribution is 14.1. The van der Waals surface area contributed by atoms with Crippen molar-refractivity contribution in [2.24, 2.45) is 0 Å². The number of aryl methyl sites for hydroxylation is 3. The van der Waals surface area contributed by atoms with Crippen molar-refractivity contribution in [1.82, 2.24) is 9.97 Å². The van der Waals surface area contributed by atoms with Crippen molar-refractivity contribution in [2.45, 2.75) is 67.0 Å². The van der Waals surface area contributed by atoms with Gasteiger partial charge in [-0.25, -0.2) is 14.8 Å². The first-order valence-electron chi connectivity index (χ1n) is 15.7. The average Bonchev–Trinajstić information content (AvgIpc) is 3.64. The zero-order valence-corrected chi connectivity index (χ0v) is 32.3. The van der Waals surface area contributed by atoms with E-state index in [1.54, 1.807) is 39.0 Å². The van der Waals surface area contributed by atoms with E-state index < -0.39 is 29.4 Å². The maximum absolute atomic E-state index is 12.9. The summed E-state index contributed by atoms with van der Waals surface area (Å²) in [6.07, 6.45) is -8.25. The minimum Gasteiger partial charge on any atom is -0.478 e. The number of carboxylic acid groups (broad SMARTS) is 1. The molecule has 3 aromatic carbocycles. The summed E-state index contributed by atoms with van der Waals surface area (Å²) < 4.78 is 99.1. The number of hydrogen-bond donors (Lipinski definition) is 3. The van der Waals surface area contributed by atoms with E-state index in [-0.39, 0.29) is 34.5 Å². The van der Waals surface area contributed by atoms with Crippen LogP contribution in [0.25, 0.3) is 22.9 Å². The molecule has 17 heteroatoms. The van der Waals surface area contributed by atoms with E-state index in [0.29, 0.717) is 69.4 Å². The zero-order chi connectivity index (χ0) is 39.1. The Kier molecular flexibility index (Phi) is 14.5. The number of rotatable bonds is 12. The second kappa shape index (κ2) is 18.2. The second-order valence-corrected chi connectivity index (χ2v) is 13.2.